The van der Waals surface area contributed by atoms with E-state index in [1.807, 2.05) is 0 Å². The number of aliphatic hydroxyl groups excluding tert-OH is 1. The summed E-state index contributed by atoms with van der Waals surface area (Å²) in [5.41, 5.74) is 5.06. The van der Waals surface area contributed by atoms with Crippen molar-refractivity contribution in [3.05, 3.63) is 41.6 Å². The van der Waals surface area contributed by atoms with Crippen molar-refractivity contribution in [2.45, 2.75) is 96.2 Å². The molecule has 230 valence electrons. The lowest BCUT2D eigenvalue weighted by Crippen LogP contribution is -2.52. The summed E-state index contributed by atoms with van der Waals surface area (Å²) in [4.78, 5) is 10.2. The highest BCUT2D eigenvalue weighted by atomic mass is 16.3. The number of anilines is 1. The molecular formula is C34H53N7O. The molecule has 1 aromatic carbocycles. The monoisotopic (exact) mass is 575 g/mol. The van der Waals surface area contributed by atoms with Crippen LogP contribution in [0.4, 0.5) is 5.82 Å². The lowest BCUT2D eigenvalue weighted by molar-refractivity contribution is 0.0784. The number of rotatable bonds is 10. The Balaban J connectivity index is 1.14. The van der Waals surface area contributed by atoms with Gasteiger partial charge in [0.2, 0.25) is 0 Å². The van der Waals surface area contributed by atoms with Crippen molar-refractivity contribution in [1.29, 1.82) is 0 Å². The zero-order chi connectivity index (χ0) is 28.9. The quantitative estimate of drug-likeness (QED) is 0.330. The molecule has 0 radical (unpaired) electrons. The van der Waals surface area contributed by atoms with E-state index >= 15 is 0 Å². The van der Waals surface area contributed by atoms with Crippen molar-refractivity contribution in [3.8, 4) is 11.1 Å². The summed E-state index contributed by atoms with van der Waals surface area (Å²) in [5, 5.41) is 21.0. The fourth-order valence-corrected chi connectivity index (χ4v) is 7.46. The number of aromatic nitrogens is 1. The first-order valence-corrected chi connectivity index (χ1v) is 16.8. The normalized spacial score (nSPS) is 26.0. The molecule has 0 bridgehead atoms. The molecule has 3 fully saturated rings. The van der Waals surface area contributed by atoms with Crippen LogP contribution in [-0.4, -0.2) is 89.9 Å². The van der Waals surface area contributed by atoms with Gasteiger partial charge in [-0.25, -0.2) is 0 Å². The molecule has 4 aliphatic rings. The first-order valence-electron chi connectivity index (χ1n) is 16.8. The van der Waals surface area contributed by atoms with Crippen molar-refractivity contribution in [2.24, 2.45) is 10.9 Å². The first kappa shape index (κ1) is 29.8. The number of piperidine rings is 1. The minimum atomic E-state index is -0.156. The van der Waals surface area contributed by atoms with Crippen LogP contribution in [0.1, 0.15) is 82.4 Å². The van der Waals surface area contributed by atoms with Crippen molar-refractivity contribution < 1.29 is 5.11 Å². The first-order chi connectivity index (χ1) is 20.6. The fourth-order valence-electron chi connectivity index (χ4n) is 7.46. The molecule has 6 rings (SSSR count). The highest BCUT2D eigenvalue weighted by Crippen LogP contribution is 2.39. The van der Waals surface area contributed by atoms with Crippen LogP contribution in [0.15, 0.2) is 35.5 Å². The SMILES string of the molecule is CCC(CC)CNC1N=Cc2c(-c3ccc(CN4CCN(C5CCNCC5)CC4)cc3)cn(C3CCC(O)CC3)c2N1. The summed E-state index contributed by atoms with van der Waals surface area (Å²) >= 11 is 0. The topological polar surface area (TPSA) is 80.1 Å². The summed E-state index contributed by atoms with van der Waals surface area (Å²) in [6.07, 6.45) is 12.9. The molecule has 4 N–H and O–H groups in total. The Morgan fingerprint density at radius 3 is 2.33 bits per heavy atom. The maximum atomic E-state index is 10.2. The van der Waals surface area contributed by atoms with Crippen molar-refractivity contribution >= 4 is 12.0 Å². The van der Waals surface area contributed by atoms with Gasteiger partial charge in [-0.15, -0.1) is 0 Å². The Hall–Kier alpha value is -2.23. The Bertz CT molecular complexity index is 1150. The molecule has 1 aliphatic carbocycles. The van der Waals surface area contributed by atoms with Crippen molar-refractivity contribution in [2.75, 3.05) is 51.1 Å². The highest BCUT2D eigenvalue weighted by Gasteiger charge is 2.29. The van der Waals surface area contributed by atoms with Crippen molar-refractivity contribution in [1.82, 2.24) is 25.0 Å². The van der Waals surface area contributed by atoms with Crippen LogP contribution in [-0.2, 0) is 6.54 Å². The van der Waals surface area contributed by atoms with Gasteiger partial charge in [-0.1, -0.05) is 51.0 Å². The molecule has 0 amide bonds. The number of nitrogens with one attached hydrogen (secondary N) is 3. The molecule has 42 heavy (non-hydrogen) atoms. The number of aliphatic imine (C=N–C) groups is 1. The minimum absolute atomic E-state index is 0.105. The standard InChI is InChI=1S/C34H53N7O/c1-3-25(4-2)21-36-34-37-22-31-32(24-41(33(31)38-34)29-9-11-30(42)12-10-29)27-7-5-26(6-8-27)23-39-17-19-40(20-18-39)28-13-15-35-16-14-28/h5-8,22,24-25,28-30,34-36,38,42H,3-4,9-21,23H2,1-2H3. The van der Waals surface area contributed by atoms with Crippen LogP contribution in [0.25, 0.3) is 11.1 Å². The van der Waals surface area contributed by atoms with Gasteiger partial charge in [-0.05, 0) is 68.7 Å². The molecule has 1 aromatic heterocycles. The van der Waals surface area contributed by atoms with E-state index in [2.05, 4.69) is 80.8 Å². The Morgan fingerprint density at radius 2 is 1.64 bits per heavy atom. The molecule has 3 aliphatic heterocycles. The number of nitrogens with zero attached hydrogens (tertiary/aromatic N) is 4. The van der Waals surface area contributed by atoms with E-state index in [9.17, 15) is 5.11 Å². The summed E-state index contributed by atoms with van der Waals surface area (Å²) in [5.74, 6) is 1.83. The zero-order valence-electron chi connectivity index (χ0n) is 25.9. The third-order valence-electron chi connectivity index (χ3n) is 10.4. The van der Waals surface area contributed by atoms with Gasteiger partial charge in [-0.3, -0.25) is 20.1 Å². The van der Waals surface area contributed by atoms with Gasteiger partial charge in [0.15, 0.2) is 6.29 Å². The number of hydrogen-bond donors (Lipinski definition) is 4. The number of hydrogen-bond acceptors (Lipinski definition) is 7. The average Bonchev–Trinajstić information content (AvgIpc) is 3.42. The van der Waals surface area contributed by atoms with Crippen LogP contribution in [0.3, 0.4) is 0 Å². The van der Waals surface area contributed by atoms with Crippen molar-refractivity contribution in [3.63, 3.8) is 0 Å². The summed E-state index contributed by atoms with van der Waals surface area (Å²) in [6, 6.07) is 10.4. The van der Waals surface area contributed by atoms with E-state index in [4.69, 9.17) is 4.99 Å². The van der Waals surface area contributed by atoms with E-state index in [1.165, 1.54) is 79.9 Å². The number of benzene rings is 1. The van der Waals surface area contributed by atoms with E-state index in [0.29, 0.717) is 12.0 Å². The lowest BCUT2D eigenvalue weighted by Gasteiger charge is -2.40. The molecule has 4 heterocycles. The summed E-state index contributed by atoms with van der Waals surface area (Å²) in [7, 11) is 0. The Morgan fingerprint density at radius 1 is 0.929 bits per heavy atom. The molecule has 1 saturated carbocycles. The molecule has 1 atom stereocenters. The van der Waals surface area contributed by atoms with Gasteiger partial charge in [0, 0.05) is 74.9 Å². The van der Waals surface area contributed by atoms with Gasteiger partial charge in [0.25, 0.3) is 0 Å². The van der Waals surface area contributed by atoms with Gasteiger partial charge >= 0.3 is 0 Å². The Labute approximate surface area is 253 Å². The number of aliphatic hydroxyl groups is 1. The Kier molecular flexibility index (Phi) is 9.97. The second kappa shape index (κ2) is 14.0. The maximum absolute atomic E-state index is 10.2. The molecule has 2 saturated heterocycles. The van der Waals surface area contributed by atoms with E-state index in [-0.39, 0.29) is 12.4 Å². The van der Waals surface area contributed by atoms with Crippen LogP contribution in [0, 0.1) is 5.92 Å². The second-order valence-electron chi connectivity index (χ2n) is 13.1. The predicted octanol–water partition coefficient (Wildman–Crippen LogP) is 4.65. The number of fused-ring (bicyclic) bond motifs is 1. The summed E-state index contributed by atoms with van der Waals surface area (Å²) < 4.78 is 2.45. The fraction of sp³-hybridized carbons (Fsp3) is 0.676. The van der Waals surface area contributed by atoms with E-state index in [0.717, 1.165) is 57.9 Å². The van der Waals surface area contributed by atoms with Crippen LogP contribution < -0.4 is 16.0 Å². The maximum Gasteiger partial charge on any atom is 0.174 e. The highest BCUT2D eigenvalue weighted by molar-refractivity contribution is 5.98. The number of piperazine rings is 1. The predicted molar refractivity (Wildman–Crippen MR) is 173 cm³/mol. The molecule has 2 aromatic rings. The largest absolute Gasteiger partial charge is 0.393 e. The van der Waals surface area contributed by atoms with Gasteiger partial charge in [-0.2, -0.15) is 0 Å². The van der Waals surface area contributed by atoms with E-state index < -0.39 is 0 Å². The summed E-state index contributed by atoms with van der Waals surface area (Å²) in [6.45, 7) is 13.6. The molecule has 1 unspecified atom stereocenters. The van der Waals surface area contributed by atoms with Gasteiger partial charge in [0.1, 0.15) is 5.82 Å². The van der Waals surface area contributed by atoms with Crippen LogP contribution >= 0.6 is 0 Å². The average molecular weight is 576 g/mol. The van der Waals surface area contributed by atoms with Crippen LogP contribution in [0.5, 0.6) is 0 Å². The molecular weight excluding hydrogens is 522 g/mol. The van der Waals surface area contributed by atoms with E-state index in [1.54, 1.807) is 0 Å². The lowest BCUT2D eigenvalue weighted by atomic mass is 9.93. The van der Waals surface area contributed by atoms with Gasteiger partial charge in [0.05, 0.1) is 6.10 Å². The van der Waals surface area contributed by atoms with Gasteiger partial charge < -0.3 is 20.3 Å². The smallest absolute Gasteiger partial charge is 0.174 e. The zero-order valence-corrected chi connectivity index (χ0v) is 25.9. The van der Waals surface area contributed by atoms with Crippen LogP contribution in [0.2, 0.25) is 0 Å². The third kappa shape index (κ3) is 6.94. The second-order valence-corrected chi connectivity index (χ2v) is 13.1. The minimum Gasteiger partial charge on any atom is -0.393 e. The molecule has 8 heteroatoms. The molecule has 0 spiro atoms. The molecule has 8 nitrogen and oxygen atoms in total. The third-order valence-corrected chi connectivity index (χ3v) is 10.4.